The molecule has 0 aliphatic heterocycles. The number of para-hydroxylation sites is 1. The smallest absolute Gasteiger partial charge is 0.142 e. The molecule has 0 amide bonds. The van der Waals surface area contributed by atoms with E-state index in [1.54, 1.807) is 18.2 Å². The molecule has 0 aliphatic rings. The highest BCUT2D eigenvalue weighted by atomic mass is 79.9. The van der Waals surface area contributed by atoms with Gasteiger partial charge in [-0.05, 0) is 39.7 Å². The zero-order chi connectivity index (χ0) is 13.8. The van der Waals surface area contributed by atoms with Crippen LogP contribution in [0.25, 0.3) is 0 Å². The Hall–Kier alpha value is -0.770. The van der Waals surface area contributed by atoms with Crippen molar-refractivity contribution in [2.45, 2.75) is 12.5 Å². The summed E-state index contributed by atoms with van der Waals surface area (Å²) in [7, 11) is 0. The zero-order valence-electron chi connectivity index (χ0n) is 9.80. The van der Waals surface area contributed by atoms with Crippen molar-refractivity contribution in [3.63, 3.8) is 0 Å². The Morgan fingerprint density at radius 3 is 2.68 bits per heavy atom. The van der Waals surface area contributed by atoms with E-state index in [0.717, 1.165) is 11.1 Å². The summed E-state index contributed by atoms with van der Waals surface area (Å²) >= 11 is 15.1. The van der Waals surface area contributed by atoms with Gasteiger partial charge in [0, 0.05) is 5.56 Å². The minimum atomic E-state index is -0.303. The second kappa shape index (κ2) is 6.60. The van der Waals surface area contributed by atoms with Gasteiger partial charge in [0.2, 0.25) is 0 Å². The monoisotopic (exact) mass is 362 g/mol. The van der Waals surface area contributed by atoms with Crippen molar-refractivity contribution in [1.29, 1.82) is 0 Å². The average molecular weight is 364 g/mol. The molecule has 2 rings (SSSR count). The number of hydrogen-bond donors (Lipinski definition) is 0. The Morgan fingerprint density at radius 1 is 1.21 bits per heavy atom. The van der Waals surface area contributed by atoms with Crippen LogP contribution in [-0.2, 0) is 12.5 Å². The largest absolute Gasteiger partial charge is 0.487 e. The summed E-state index contributed by atoms with van der Waals surface area (Å²) in [6.07, 6.45) is 0. The molecule has 0 saturated carbocycles. The van der Waals surface area contributed by atoms with Gasteiger partial charge in [0.15, 0.2) is 0 Å². The van der Waals surface area contributed by atoms with Gasteiger partial charge in [0.1, 0.15) is 18.2 Å². The van der Waals surface area contributed by atoms with Crippen molar-refractivity contribution in [2.75, 3.05) is 0 Å². The lowest BCUT2D eigenvalue weighted by Crippen LogP contribution is -1.99. The quantitative estimate of drug-likeness (QED) is 0.646. The molecule has 19 heavy (non-hydrogen) atoms. The van der Waals surface area contributed by atoms with Gasteiger partial charge in [-0.3, -0.25) is 0 Å². The highest BCUT2D eigenvalue weighted by Crippen LogP contribution is 2.30. The van der Waals surface area contributed by atoms with E-state index in [4.69, 9.17) is 27.9 Å². The van der Waals surface area contributed by atoms with Crippen LogP contribution in [0, 0.1) is 5.82 Å². The van der Waals surface area contributed by atoms with Crippen LogP contribution in [0.1, 0.15) is 11.1 Å². The Balaban J connectivity index is 2.16. The van der Waals surface area contributed by atoms with Gasteiger partial charge in [-0.25, -0.2) is 4.39 Å². The van der Waals surface area contributed by atoms with Crippen LogP contribution < -0.4 is 4.74 Å². The second-order valence-corrected chi connectivity index (χ2v) is 5.43. The van der Waals surface area contributed by atoms with Gasteiger partial charge in [0.25, 0.3) is 0 Å². The summed E-state index contributed by atoms with van der Waals surface area (Å²) in [6, 6.07) is 10.1. The lowest BCUT2D eigenvalue weighted by atomic mass is 10.2. The molecule has 2 aromatic carbocycles. The Labute approximate surface area is 129 Å². The summed E-state index contributed by atoms with van der Waals surface area (Å²) in [5.74, 6) is 0.589. The van der Waals surface area contributed by atoms with Gasteiger partial charge in [-0.15, -0.1) is 11.6 Å². The van der Waals surface area contributed by atoms with E-state index < -0.39 is 0 Å². The van der Waals surface area contributed by atoms with E-state index in [9.17, 15) is 4.39 Å². The third kappa shape index (κ3) is 3.62. The number of ether oxygens (including phenoxy) is 1. The van der Waals surface area contributed by atoms with Gasteiger partial charge < -0.3 is 4.74 Å². The molecule has 0 radical (unpaired) electrons. The third-order valence-electron chi connectivity index (χ3n) is 2.56. The molecule has 0 saturated heterocycles. The van der Waals surface area contributed by atoms with Crippen molar-refractivity contribution in [3.8, 4) is 5.75 Å². The fraction of sp³-hybridized carbons (Fsp3) is 0.143. The van der Waals surface area contributed by atoms with E-state index in [1.165, 1.54) is 6.07 Å². The van der Waals surface area contributed by atoms with Crippen LogP contribution in [-0.4, -0.2) is 0 Å². The first kappa shape index (κ1) is 14.6. The van der Waals surface area contributed by atoms with Crippen LogP contribution in [0.15, 0.2) is 40.9 Å². The van der Waals surface area contributed by atoms with E-state index in [1.807, 2.05) is 12.1 Å². The zero-order valence-corrected chi connectivity index (χ0v) is 12.9. The maximum atomic E-state index is 13.1. The highest BCUT2D eigenvalue weighted by molar-refractivity contribution is 9.10. The maximum absolute atomic E-state index is 13.1. The number of alkyl halides is 1. The summed E-state index contributed by atoms with van der Waals surface area (Å²) < 4.78 is 19.2. The Bertz CT molecular complexity index is 590. The number of halogens is 4. The summed E-state index contributed by atoms with van der Waals surface area (Å²) in [4.78, 5) is 0. The molecule has 0 heterocycles. The maximum Gasteiger partial charge on any atom is 0.142 e. The normalized spacial score (nSPS) is 10.5. The molecule has 5 heteroatoms. The number of rotatable bonds is 4. The lowest BCUT2D eigenvalue weighted by molar-refractivity contribution is 0.304. The first-order valence-electron chi connectivity index (χ1n) is 5.52. The summed E-state index contributed by atoms with van der Waals surface area (Å²) in [5.41, 5.74) is 1.67. The number of hydrogen-bond acceptors (Lipinski definition) is 1. The van der Waals surface area contributed by atoms with Crippen molar-refractivity contribution >= 4 is 39.1 Å². The van der Waals surface area contributed by atoms with Gasteiger partial charge >= 0.3 is 0 Å². The molecule has 2 aromatic rings. The molecular formula is C14H10BrCl2FO. The Kier molecular flexibility index (Phi) is 5.08. The van der Waals surface area contributed by atoms with Gasteiger partial charge in [-0.2, -0.15) is 0 Å². The van der Waals surface area contributed by atoms with Crippen LogP contribution in [0.4, 0.5) is 4.39 Å². The van der Waals surface area contributed by atoms with Crippen molar-refractivity contribution in [1.82, 2.24) is 0 Å². The van der Waals surface area contributed by atoms with Crippen LogP contribution >= 0.6 is 39.1 Å². The van der Waals surface area contributed by atoms with Crippen molar-refractivity contribution < 1.29 is 9.13 Å². The topological polar surface area (TPSA) is 9.23 Å². The number of benzene rings is 2. The van der Waals surface area contributed by atoms with Crippen molar-refractivity contribution in [3.05, 3.63) is 62.8 Å². The molecule has 0 N–H and O–H groups in total. The fourth-order valence-electron chi connectivity index (χ4n) is 1.61. The fourth-order valence-corrected chi connectivity index (χ4v) is 2.49. The van der Waals surface area contributed by atoms with Gasteiger partial charge in [0.05, 0.1) is 15.4 Å². The predicted octanol–water partition coefficient (Wildman–Crippen LogP) is 5.56. The molecule has 0 spiro atoms. The summed E-state index contributed by atoms with van der Waals surface area (Å²) in [6.45, 7) is 0.298. The molecule has 0 unspecified atom stereocenters. The molecule has 0 aromatic heterocycles. The first-order chi connectivity index (χ1) is 9.11. The van der Waals surface area contributed by atoms with Crippen molar-refractivity contribution in [2.24, 2.45) is 0 Å². The van der Waals surface area contributed by atoms with Crippen LogP contribution in [0.3, 0.4) is 0 Å². The minimum Gasteiger partial charge on any atom is -0.487 e. The molecule has 0 fully saturated rings. The second-order valence-electron chi connectivity index (χ2n) is 3.90. The van der Waals surface area contributed by atoms with Gasteiger partial charge in [-0.1, -0.05) is 29.8 Å². The standard InChI is InChI=1S/C14H10BrCl2FO/c15-11-6-9(4-5-13(11)18)8-19-14-10(7-16)2-1-3-12(14)17/h1-6H,7-8H2. The van der Waals surface area contributed by atoms with E-state index >= 15 is 0 Å². The van der Waals surface area contributed by atoms with E-state index in [2.05, 4.69) is 15.9 Å². The third-order valence-corrected chi connectivity index (χ3v) is 3.75. The Morgan fingerprint density at radius 2 is 2.00 bits per heavy atom. The minimum absolute atomic E-state index is 0.298. The first-order valence-corrected chi connectivity index (χ1v) is 7.22. The van der Waals surface area contributed by atoms with E-state index in [0.29, 0.717) is 27.7 Å². The van der Waals surface area contributed by atoms with Crippen LogP contribution in [0.2, 0.25) is 5.02 Å². The molecule has 1 nitrogen and oxygen atoms in total. The van der Waals surface area contributed by atoms with E-state index in [-0.39, 0.29) is 5.82 Å². The SMILES string of the molecule is Fc1ccc(COc2c(Cl)cccc2CCl)cc1Br. The molecule has 0 bridgehead atoms. The lowest BCUT2D eigenvalue weighted by Gasteiger charge is -2.12. The van der Waals surface area contributed by atoms with Crippen LogP contribution in [0.5, 0.6) is 5.75 Å². The molecule has 0 aliphatic carbocycles. The molecule has 100 valence electrons. The molecular weight excluding hydrogens is 354 g/mol. The predicted molar refractivity (Wildman–Crippen MR) is 79.4 cm³/mol. The molecule has 0 atom stereocenters. The average Bonchev–Trinajstić information content (AvgIpc) is 2.41. The summed E-state index contributed by atoms with van der Waals surface area (Å²) in [5, 5.41) is 0.513. The highest BCUT2D eigenvalue weighted by Gasteiger charge is 2.08.